The normalized spacial score (nSPS) is 26.9. The van der Waals surface area contributed by atoms with E-state index in [9.17, 15) is 18.3 Å². The zero-order valence-electron chi connectivity index (χ0n) is 13.0. The maximum Gasteiger partial charge on any atom is 0.419 e. The van der Waals surface area contributed by atoms with Gasteiger partial charge in [-0.25, -0.2) is 0 Å². The average Bonchev–Trinajstić information content (AvgIpc) is 2.40. The summed E-state index contributed by atoms with van der Waals surface area (Å²) in [5, 5.41) is 22.2. The Morgan fingerprint density at radius 1 is 1.35 bits per heavy atom. The number of rotatable bonds is 4. The zero-order chi connectivity index (χ0) is 17.5. The van der Waals surface area contributed by atoms with Crippen LogP contribution in [0.3, 0.4) is 0 Å². The average molecular weight is 396 g/mol. The molecule has 0 spiro atoms. The minimum absolute atomic E-state index is 0.124. The number of halogens is 4. The Balaban J connectivity index is 2.58. The lowest BCUT2D eigenvalue weighted by Crippen LogP contribution is -2.60. The summed E-state index contributed by atoms with van der Waals surface area (Å²) in [7, 11) is 0. The van der Waals surface area contributed by atoms with Crippen molar-refractivity contribution in [1.29, 1.82) is 0 Å². The number of hydrogen-bond acceptors (Lipinski definition) is 3. The lowest BCUT2D eigenvalue weighted by atomic mass is 9.63. The first-order chi connectivity index (χ1) is 10.5. The van der Waals surface area contributed by atoms with Gasteiger partial charge in [0.25, 0.3) is 0 Å². The number of nitrogens with one attached hydrogen (secondary N) is 1. The van der Waals surface area contributed by atoms with Crippen molar-refractivity contribution in [2.75, 3.05) is 13.2 Å². The van der Waals surface area contributed by atoms with Crippen LogP contribution in [0.5, 0.6) is 0 Å². The summed E-state index contributed by atoms with van der Waals surface area (Å²) in [6.45, 7) is 3.47. The van der Waals surface area contributed by atoms with E-state index in [4.69, 9.17) is 5.11 Å². The van der Waals surface area contributed by atoms with Crippen LogP contribution >= 0.6 is 15.9 Å². The maximum atomic E-state index is 13.7. The monoisotopic (exact) mass is 395 g/mol. The molecule has 0 saturated heterocycles. The van der Waals surface area contributed by atoms with Crippen molar-refractivity contribution >= 4 is 15.9 Å². The SMILES string of the molecule is CC1(C)CC(O)(C(F)(F)F)C(NCCCO)c2cccc(Br)c21. The van der Waals surface area contributed by atoms with Gasteiger partial charge in [-0.15, -0.1) is 0 Å². The predicted octanol–water partition coefficient (Wildman–Crippen LogP) is 3.44. The number of benzene rings is 1. The molecule has 2 atom stereocenters. The van der Waals surface area contributed by atoms with Crippen LogP contribution < -0.4 is 5.32 Å². The first-order valence-corrected chi connectivity index (χ1v) is 8.26. The Hall–Kier alpha value is -0.630. The first-order valence-electron chi connectivity index (χ1n) is 7.47. The van der Waals surface area contributed by atoms with E-state index in [1.54, 1.807) is 32.0 Å². The van der Waals surface area contributed by atoms with Gasteiger partial charge in [0.2, 0.25) is 0 Å². The topological polar surface area (TPSA) is 52.5 Å². The smallest absolute Gasteiger partial charge is 0.396 e. The molecule has 23 heavy (non-hydrogen) atoms. The standard InChI is InChI=1S/C16H21BrF3NO2/c1-14(2)9-15(23,16(18,19)20)13(21-7-4-8-22)10-5-3-6-11(17)12(10)14/h3,5-6,13,21-23H,4,7-9H2,1-2H3. The number of hydrogen-bond donors (Lipinski definition) is 3. The molecule has 0 aromatic heterocycles. The minimum atomic E-state index is -4.76. The van der Waals surface area contributed by atoms with Crippen molar-refractivity contribution in [2.24, 2.45) is 0 Å². The number of aliphatic hydroxyl groups is 2. The van der Waals surface area contributed by atoms with Crippen LogP contribution in [0.4, 0.5) is 13.2 Å². The summed E-state index contributed by atoms with van der Waals surface area (Å²) in [6, 6.07) is 3.81. The van der Waals surface area contributed by atoms with E-state index in [1.807, 2.05) is 0 Å². The largest absolute Gasteiger partial charge is 0.419 e. The zero-order valence-corrected chi connectivity index (χ0v) is 14.6. The molecule has 0 heterocycles. The van der Waals surface area contributed by atoms with Gasteiger partial charge >= 0.3 is 6.18 Å². The van der Waals surface area contributed by atoms with Gasteiger partial charge in [-0.3, -0.25) is 0 Å². The second kappa shape index (κ2) is 6.35. The molecule has 0 radical (unpaired) electrons. The summed E-state index contributed by atoms with van der Waals surface area (Å²) in [5.74, 6) is 0. The third-order valence-electron chi connectivity index (χ3n) is 4.40. The molecule has 3 N–H and O–H groups in total. The Bertz CT molecular complexity index is 577. The van der Waals surface area contributed by atoms with Gasteiger partial charge in [0, 0.05) is 11.1 Å². The van der Waals surface area contributed by atoms with Gasteiger partial charge in [-0.2, -0.15) is 13.2 Å². The molecule has 0 bridgehead atoms. The van der Waals surface area contributed by atoms with E-state index < -0.39 is 29.7 Å². The van der Waals surface area contributed by atoms with Crippen molar-refractivity contribution in [3.8, 4) is 0 Å². The second-order valence-electron chi connectivity index (χ2n) is 6.65. The highest BCUT2D eigenvalue weighted by atomic mass is 79.9. The number of fused-ring (bicyclic) bond motifs is 1. The first kappa shape index (κ1) is 18.7. The molecule has 2 unspecified atom stereocenters. The third-order valence-corrected chi connectivity index (χ3v) is 5.06. The summed E-state index contributed by atoms with van der Waals surface area (Å²) in [5.41, 5.74) is -2.49. The maximum absolute atomic E-state index is 13.7. The van der Waals surface area contributed by atoms with Gasteiger partial charge in [-0.05, 0) is 42.0 Å². The van der Waals surface area contributed by atoms with Gasteiger partial charge in [0.15, 0.2) is 5.60 Å². The Kier molecular flexibility index (Phi) is 5.16. The molecule has 2 rings (SSSR count). The number of aliphatic hydroxyl groups excluding tert-OH is 1. The number of alkyl halides is 3. The highest BCUT2D eigenvalue weighted by Gasteiger charge is 2.63. The van der Waals surface area contributed by atoms with Crippen LogP contribution in [-0.2, 0) is 5.41 Å². The highest BCUT2D eigenvalue weighted by molar-refractivity contribution is 9.10. The summed E-state index contributed by atoms with van der Waals surface area (Å²) >= 11 is 3.42. The molecule has 1 aromatic carbocycles. The van der Waals surface area contributed by atoms with Crippen molar-refractivity contribution in [3.63, 3.8) is 0 Å². The summed E-state index contributed by atoms with van der Waals surface area (Å²) in [4.78, 5) is 0. The van der Waals surface area contributed by atoms with Gasteiger partial charge in [0.05, 0.1) is 6.04 Å². The molecule has 1 aliphatic rings. The Labute approximate surface area is 142 Å². The minimum Gasteiger partial charge on any atom is -0.396 e. The highest BCUT2D eigenvalue weighted by Crippen LogP contribution is 2.54. The van der Waals surface area contributed by atoms with Crippen molar-refractivity contribution in [2.45, 2.75) is 49.9 Å². The van der Waals surface area contributed by atoms with Crippen LogP contribution in [-0.4, -0.2) is 35.1 Å². The van der Waals surface area contributed by atoms with Crippen LogP contribution in [0.1, 0.15) is 43.9 Å². The quantitative estimate of drug-likeness (QED) is 0.684. The molecule has 1 aliphatic carbocycles. The molecule has 0 amide bonds. The van der Waals surface area contributed by atoms with Crippen molar-refractivity contribution in [1.82, 2.24) is 5.32 Å². The van der Waals surface area contributed by atoms with Crippen LogP contribution in [0.15, 0.2) is 22.7 Å². The van der Waals surface area contributed by atoms with E-state index in [1.165, 1.54) is 0 Å². The van der Waals surface area contributed by atoms with E-state index in [0.29, 0.717) is 12.0 Å². The third kappa shape index (κ3) is 3.29. The molecule has 1 aromatic rings. The fourth-order valence-electron chi connectivity index (χ4n) is 3.48. The van der Waals surface area contributed by atoms with E-state index >= 15 is 0 Å². The molecule has 130 valence electrons. The van der Waals surface area contributed by atoms with Gasteiger partial charge < -0.3 is 15.5 Å². The lowest BCUT2D eigenvalue weighted by Gasteiger charge is -2.49. The fraction of sp³-hybridized carbons (Fsp3) is 0.625. The van der Waals surface area contributed by atoms with Crippen LogP contribution in [0.2, 0.25) is 0 Å². The lowest BCUT2D eigenvalue weighted by molar-refractivity contribution is -0.281. The molecule has 3 nitrogen and oxygen atoms in total. The van der Waals surface area contributed by atoms with Crippen molar-refractivity contribution in [3.05, 3.63) is 33.8 Å². The fourth-order valence-corrected chi connectivity index (χ4v) is 4.40. The van der Waals surface area contributed by atoms with Gasteiger partial charge in [0.1, 0.15) is 0 Å². The predicted molar refractivity (Wildman–Crippen MR) is 85.2 cm³/mol. The molecular formula is C16H21BrF3NO2. The van der Waals surface area contributed by atoms with Crippen LogP contribution in [0, 0.1) is 0 Å². The Morgan fingerprint density at radius 3 is 2.57 bits per heavy atom. The molecule has 0 fully saturated rings. The van der Waals surface area contributed by atoms with E-state index in [2.05, 4.69) is 21.2 Å². The summed E-state index contributed by atoms with van der Waals surface area (Å²) in [6.07, 6.45) is -4.88. The Morgan fingerprint density at radius 2 is 2.00 bits per heavy atom. The molecule has 0 saturated carbocycles. The molecular weight excluding hydrogens is 375 g/mol. The van der Waals surface area contributed by atoms with E-state index in [-0.39, 0.29) is 13.2 Å². The summed E-state index contributed by atoms with van der Waals surface area (Å²) < 4.78 is 41.7. The van der Waals surface area contributed by atoms with E-state index in [0.717, 1.165) is 10.0 Å². The van der Waals surface area contributed by atoms with Crippen molar-refractivity contribution < 1.29 is 23.4 Å². The molecule has 7 heteroatoms. The van der Waals surface area contributed by atoms with Gasteiger partial charge in [-0.1, -0.05) is 41.9 Å². The molecule has 0 aliphatic heterocycles. The second-order valence-corrected chi connectivity index (χ2v) is 7.51. The van der Waals surface area contributed by atoms with Crippen LogP contribution in [0.25, 0.3) is 0 Å².